The maximum Gasteiger partial charge on any atom is 0.251 e. The first kappa shape index (κ1) is 14.8. The van der Waals surface area contributed by atoms with Crippen LogP contribution in [0.3, 0.4) is 0 Å². The number of aromatic nitrogens is 3. The first-order valence-corrected chi connectivity index (χ1v) is 6.89. The number of nitrogens with zero attached hydrogens (tertiary/aromatic N) is 3. The van der Waals surface area contributed by atoms with Gasteiger partial charge in [0.25, 0.3) is 5.91 Å². The molecule has 0 aliphatic rings. The highest BCUT2D eigenvalue weighted by Crippen LogP contribution is 2.11. The first-order valence-electron chi connectivity index (χ1n) is 6.89. The van der Waals surface area contributed by atoms with E-state index in [9.17, 15) is 4.79 Å². The molecule has 2 rings (SSSR count). The van der Waals surface area contributed by atoms with Crippen molar-refractivity contribution in [1.82, 2.24) is 20.1 Å². The second-order valence-corrected chi connectivity index (χ2v) is 4.74. The van der Waals surface area contributed by atoms with Gasteiger partial charge in [-0.25, -0.2) is 9.67 Å². The molecule has 2 aromatic rings. The van der Waals surface area contributed by atoms with Gasteiger partial charge in [0, 0.05) is 18.0 Å². The molecule has 0 fully saturated rings. The van der Waals surface area contributed by atoms with Crippen LogP contribution in [0.1, 0.15) is 35.7 Å². The fraction of sp³-hybridized carbons (Fsp3) is 0.312. The van der Waals surface area contributed by atoms with Gasteiger partial charge in [0.05, 0.1) is 6.54 Å². The van der Waals surface area contributed by atoms with Gasteiger partial charge in [-0.15, -0.1) is 12.3 Å². The number of hydrogen-bond donors (Lipinski definition) is 1. The lowest BCUT2D eigenvalue weighted by molar-refractivity contribution is 0.0935. The molecule has 0 aliphatic carbocycles. The predicted molar refractivity (Wildman–Crippen MR) is 80.6 cm³/mol. The summed E-state index contributed by atoms with van der Waals surface area (Å²) in [4.78, 5) is 16.3. The lowest BCUT2D eigenvalue weighted by Gasteiger charge is -2.16. The molecule has 5 nitrogen and oxygen atoms in total. The number of rotatable bonds is 6. The summed E-state index contributed by atoms with van der Waals surface area (Å²) in [5.74, 6) is 2.49. The van der Waals surface area contributed by atoms with E-state index in [1.807, 2.05) is 31.2 Å². The van der Waals surface area contributed by atoms with Crippen molar-refractivity contribution in [3.8, 4) is 12.3 Å². The highest BCUT2D eigenvalue weighted by atomic mass is 16.1. The van der Waals surface area contributed by atoms with Gasteiger partial charge < -0.3 is 5.32 Å². The van der Waals surface area contributed by atoms with Crippen LogP contribution in [0.5, 0.6) is 0 Å². The summed E-state index contributed by atoms with van der Waals surface area (Å²) in [7, 11) is 0. The monoisotopic (exact) mass is 282 g/mol. The number of nitrogens with one attached hydrogen (secondary N) is 1. The summed E-state index contributed by atoms with van der Waals surface area (Å²) in [6.45, 7) is 2.51. The third-order valence-corrected chi connectivity index (χ3v) is 3.25. The van der Waals surface area contributed by atoms with Crippen LogP contribution in [0.4, 0.5) is 0 Å². The van der Waals surface area contributed by atoms with Crippen molar-refractivity contribution >= 4 is 5.91 Å². The van der Waals surface area contributed by atoms with Crippen LogP contribution in [0.2, 0.25) is 0 Å². The van der Waals surface area contributed by atoms with Crippen LogP contribution < -0.4 is 5.32 Å². The Morgan fingerprint density at radius 2 is 2.29 bits per heavy atom. The molecule has 108 valence electrons. The van der Waals surface area contributed by atoms with Gasteiger partial charge in [-0.1, -0.05) is 25.1 Å². The minimum absolute atomic E-state index is 0.00178. The number of carbonyl (C=O) groups is 1. The van der Waals surface area contributed by atoms with E-state index < -0.39 is 0 Å². The zero-order chi connectivity index (χ0) is 15.1. The Kier molecular flexibility index (Phi) is 5.10. The van der Waals surface area contributed by atoms with Crippen molar-refractivity contribution in [3.05, 3.63) is 48.0 Å². The van der Waals surface area contributed by atoms with Gasteiger partial charge in [-0.2, -0.15) is 5.10 Å². The predicted octanol–water partition coefficient (Wildman–Crippen LogP) is 1.86. The zero-order valence-corrected chi connectivity index (χ0v) is 12.0. The lowest BCUT2D eigenvalue weighted by Crippen LogP contribution is -2.34. The summed E-state index contributed by atoms with van der Waals surface area (Å²) in [6.07, 6.45) is 9.76. The lowest BCUT2D eigenvalue weighted by atomic mass is 10.1. The Labute approximate surface area is 124 Å². The van der Waals surface area contributed by atoms with E-state index >= 15 is 0 Å². The number of hydrogen-bond acceptors (Lipinski definition) is 3. The Hall–Kier alpha value is -2.61. The Morgan fingerprint density at radius 1 is 1.48 bits per heavy atom. The zero-order valence-electron chi connectivity index (χ0n) is 12.0. The molecule has 1 aromatic carbocycles. The van der Waals surface area contributed by atoms with Gasteiger partial charge >= 0.3 is 0 Å². The van der Waals surface area contributed by atoms with Crippen molar-refractivity contribution < 1.29 is 4.79 Å². The smallest absolute Gasteiger partial charge is 0.251 e. The second kappa shape index (κ2) is 7.25. The van der Waals surface area contributed by atoms with Crippen molar-refractivity contribution in [2.75, 3.05) is 0 Å². The normalized spacial score (nSPS) is 11.6. The fourth-order valence-corrected chi connectivity index (χ4v) is 2.07. The molecule has 1 atom stereocenters. The van der Waals surface area contributed by atoms with Crippen LogP contribution in [0.15, 0.2) is 36.9 Å². The summed E-state index contributed by atoms with van der Waals surface area (Å²) in [5, 5.41) is 7.04. The van der Waals surface area contributed by atoms with Crippen molar-refractivity contribution in [1.29, 1.82) is 0 Å². The van der Waals surface area contributed by atoms with Gasteiger partial charge in [-0.3, -0.25) is 4.79 Å². The van der Waals surface area contributed by atoms with E-state index in [2.05, 4.69) is 21.3 Å². The molecule has 0 radical (unpaired) electrons. The van der Waals surface area contributed by atoms with E-state index in [4.69, 9.17) is 6.42 Å². The summed E-state index contributed by atoms with van der Waals surface area (Å²) < 4.78 is 1.69. The van der Waals surface area contributed by atoms with Crippen molar-refractivity contribution in [2.24, 2.45) is 0 Å². The van der Waals surface area contributed by atoms with E-state index in [1.165, 1.54) is 6.33 Å². The molecule has 1 heterocycles. The molecular formula is C16H18N4O. The second-order valence-electron chi connectivity index (χ2n) is 4.74. The molecule has 0 bridgehead atoms. The van der Waals surface area contributed by atoms with E-state index in [0.717, 1.165) is 12.0 Å². The highest BCUT2D eigenvalue weighted by molar-refractivity contribution is 5.95. The molecular weight excluding hydrogens is 264 g/mol. The molecule has 0 saturated heterocycles. The average molecular weight is 282 g/mol. The molecule has 5 heteroatoms. The van der Waals surface area contributed by atoms with Crippen LogP contribution in [-0.4, -0.2) is 26.7 Å². The summed E-state index contributed by atoms with van der Waals surface area (Å²) in [5.41, 5.74) is 1.54. The van der Waals surface area contributed by atoms with Crippen LogP contribution in [0, 0.1) is 12.3 Å². The minimum Gasteiger partial charge on any atom is -0.348 e. The third-order valence-electron chi connectivity index (χ3n) is 3.25. The standard InChI is InChI=1S/C16H18N4O/c1-3-7-14(4-2)19-16(21)15-9-6-5-8-13(15)10-20-12-17-11-18-20/h1,5-6,8-9,11-12,14H,4,7,10H2,2H3,(H,19,21)/t14-/m1/s1. The molecule has 1 amide bonds. The first-order chi connectivity index (χ1) is 10.2. The van der Waals surface area contributed by atoms with Gasteiger partial charge in [0.2, 0.25) is 0 Å². The van der Waals surface area contributed by atoms with Crippen LogP contribution >= 0.6 is 0 Å². The SMILES string of the molecule is C#CC[C@@H](CC)NC(=O)c1ccccc1Cn1cncn1. The number of terminal acetylenes is 1. The summed E-state index contributed by atoms with van der Waals surface area (Å²) >= 11 is 0. The molecule has 1 aromatic heterocycles. The number of carbonyl (C=O) groups excluding carboxylic acids is 1. The topological polar surface area (TPSA) is 59.8 Å². The Balaban J connectivity index is 2.15. The summed E-state index contributed by atoms with van der Waals surface area (Å²) in [6, 6.07) is 7.48. The molecule has 0 saturated carbocycles. The maximum atomic E-state index is 12.4. The molecule has 0 spiro atoms. The van der Waals surface area contributed by atoms with Crippen LogP contribution in [0.25, 0.3) is 0 Å². The highest BCUT2D eigenvalue weighted by Gasteiger charge is 2.14. The third kappa shape index (κ3) is 3.93. The number of amides is 1. The van der Waals surface area contributed by atoms with Gasteiger partial charge in [0.1, 0.15) is 12.7 Å². The quantitative estimate of drug-likeness (QED) is 0.823. The van der Waals surface area contributed by atoms with Gasteiger partial charge in [0.15, 0.2) is 0 Å². The average Bonchev–Trinajstić information content (AvgIpc) is 3.00. The Bertz CT molecular complexity index is 628. The van der Waals surface area contributed by atoms with E-state index in [0.29, 0.717) is 18.5 Å². The fourth-order valence-electron chi connectivity index (χ4n) is 2.07. The maximum absolute atomic E-state index is 12.4. The molecule has 0 aliphatic heterocycles. The Morgan fingerprint density at radius 3 is 2.95 bits per heavy atom. The largest absolute Gasteiger partial charge is 0.348 e. The van der Waals surface area contributed by atoms with Gasteiger partial charge in [-0.05, 0) is 18.1 Å². The molecule has 21 heavy (non-hydrogen) atoms. The van der Waals surface area contributed by atoms with Crippen molar-refractivity contribution in [2.45, 2.75) is 32.4 Å². The van der Waals surface area contributed by atoms with E-state index in [-0.39, 0.29) is 11.9 Å². The van der Waals surface area contributed by atoms with Crippen LogP contribution in [-0.2, 0) is 6.54 Å². The number of benzene rings is 1. The molecule has 0 unspecified atom stereocenters. The molecule has 1 N–H and O–H groups in total. The van der Waals surface area contributed by atoms with Crippen molar-refractivity contribution in [3.63, 3.8) is 0 Å². The van der Waals surface area contributed by atoms with E-state index in [1.54, 1.807) is 11.0 Å². The minimum atomic E-state index is -0.104.